The number of carbonyl (C=O) groups excluding carboxylic acids is 2. The molecule has 1 aliphatic rings. The van der Waals surface area contributed by atoms with Crippen LogP contribution in [0.2, 0.25) is 0 Å². The smallest absolute Gasteiger partial charge is 0.262 e. The molecule has 1 heterocycles. The summed E-state index contributed by atoms with van der Waals surface area (Å²) in [6.45, 7) is 2.02. The molecule has 0 atom stereocenters. The molecule has 2 amide bonds. The molecule has 1 aliphatic heterocycles. The first-order valence-electron chi connectivity index (χ1n) is 7.02. The van der Waals surface area contributed by atoms with E-state index in [0.717, 1.165) is 16.8 Å². The molecular weight excluding hydrogens is 280 g/mol. The maximum absolute atomic E-state index is 12.1. The van der Waals surface area contributed by atoms with Gasteiger partial charge >= 0.3 is 0 Å². The van der Waals surface area contributed by atoms with Gasteiger partial charge < -0.3 is 15.4 Å². The van der Waals surface area contributed by atoms with E-state index in [-0.39, 0.29) is 24.8 Å². The molecule has 0 radical (unpaired) electrons. The van der Waals surface area contributed by atoms with Crippen LogP contribution in [0.1, 0.15) is 11.1 Å². The fourth-order valence-electron chi connectivity index (χ4n) is 2.27. The Labute approximate surface area is 128 Å². The van der Waals surface area contributed by atoms with Crippen LogP contribution in [0, 0.1) is 6.92 Å². The second-order valence-electron chi connectivity index (χ2n) is 5.26. The number of benzene rings is 2. The molecule has 22 heavy (non-hydrogen) atoms. The zero-order valence-electron chi connectivity index (χ0n) is 12.2. The van der Waals surface area contributed by atoms with Crippen LogP contribution in [0.4, 0.5) is 11.4 Å². The van der Waals surface area contributed by atoms with E-state index in [1.807, 2.05) is 37.3 Å². The monoisotopic (exact) mass is 296 g/mol. The van der Waals surface area contributed by atoms with Crippen LogP contribution in [0.15, 0.2) is 42.5 Å². The molecule has 0 aliphatic carbocycles. The van der Waals surface area contributed by atoms with E-state index in [1.165, 1.54) is 0 Å². The zero-order valence-corrected chi connectivity index (χ0v) is 12.2. The lowest BCUT2D eigenvalue weighted by Crippen LogP contribution is -2.25. The largest absolute Gasteiger partial charge is 0.482 e. The molecule has 5 nitrogen and oxygen atoms in total. The van der Waals surface area contributed by atoms with Crippen LogP contribution in [-0.2, 0) is 16.0 Å². The lowest BCUT2D eigenvalue weighted by atomic mass is 10.1. The lowest BCUT2D eigenvalue weighted by molar-refractivity contribution is -0.118. The summed E-state index contributed by atoms with van der Waals surface area (Å²) < 4.78 is 5.29. The Hall–Kier alpha value is -2.82. The van der Waals surface area contributed by atoms with Crippen molar-refractivity contribution in [2.45, 2.75) is 13.3 Å². The number of rotatable bonds is 3. The molecule has 0 bridgehead atoms. The van der Waals surface area contributed by atoms with Crippen molar-refractivity contribution >= 4 is 23.2 Å². The highest BCUT2D eigenvalue weighted by Crippen LogP contribution is 2.28. The maximum Gasteiger partial charge on any atom is 0.262 e. The number of amides is 2. The Balaban J connectivity index is 1.67. The topological polar surface area (TPSA) is 67.4 Å². The van der Waals surface area contributed by atoms with Crippen molar-refractivity contribution in [3.63, 3.8) is 0 Å². The third kappa shape index (κ3) is 3.25. The highest BCUT2D eigenvalue weighted by atomic mass is 16.5. The van der Waals surface area contributed by atoms with Gasteiger partial charge in [-0.05, 0) is 36.8 Å². The van der Waals surface area contributed by atoms with Gasteiger partial charge in [-0.2, -0.15) is 0 Å². The molecule has 0 fully saturated rings. The Bertz CT molecular complexity index is 723. The average Bonchev–Trinajstić information content (AvgIpc) is 2.49. The summed E-state index contributed by atoms with van der Waals surface area (Å²) in [6, 6.07) is 13.0. The molecule has 2 N–H and O–H groups in total. The van der Waals surface area contributed by atoms with Gasteiger partial charge in [0.1, 0.15) is 5.75 Å². The summed E-state index contributed by atoms with van der Waals surface area (Å²) in [6.07, 6.45) is 0.233. The van der Waals surface area contributed by atoms with E-state index in [9.17, 15) is 9.59 Å². The molecule has 5 heteroatoms. The molecule has 0 aromatic heterocycles. The van der Waals surface area contributed by atoms with Crippen molar-refractivity contribution in [3.8, 4) is 5.75 Å². The predicted molar refractivity (Wildman–Crippen MR) is 84.1 cm³/mol. The Morgan fingerprint density at radius 3 is 2.77 bits per heavy atom. The van der Waals surface area contributed by atoms with E-state index in [0.29, 0.717) is 11.4 Å². The standard InChI is InChI=1S/C17H16N2O3/c1-11-2-5-13(6-3-11)18-16(20)9-12-4-7-15-14(8-12)19-17(21)10-22-15/h2-8H,9-10H2,1H3,(H,18,20)(H,19,21). The number of carbonyl (C=O) groups is 2. The normalized spacial score (nSPS) is 12.9. The van der Waals surface area contributed by atoms with Crippen LogP contribution >= 0.6 is 0 Å². The first-order valence-corrected chi connectivity index (χ1v) is 7.02. The van der Waals surface area contributed by atoms with Crippen LogP contribution in [-0.4, -0.2) is 18.4 Å². The van der Waals surface area contributed by atoms with Crippen molar-refractivity contribution in [3.05, 3.63) is 53.6 Å². The number of fused-ring (bicyclic) bond motifs is 1. The predicted octanol–water partition coefficient (Wildman–Crippen LogP) is 2.51. The van der Waals surface area contributed by atoms with Crippen molar-refractivity contribution in [2.75, 3.05) is 17.2 Å². The van der Waals surface area contributed by atoms with Gasteiger partial charge in [0.15, 0.2) is 6.61 Å². The fourth-order valence-corrected chi connectivity index (χ4v) is 2.27. The van der Waals surface area contributed by atoms with E-state index in [1.54, 1.807) is 12.1 Å². The van der Waals surface area contributed by atoms with Gasteiger partial charge in [-0.1, -0.05) is 23.8 Å². The molecule has 3 rings (SSSR count). The molecule has 112 valence electrons. The van der Waals surface area contributed by atoms with E-state index in [2.05, 4.69) is 10.6 Å². The van der Waals surface area contributed by atoms with Gasteiger partial charge in [0.25, 0.3) is 5.91 Å². The Morgan fingerprint density at radius 2 is 2.00 bits per heavy atom. The number of ether oxygens (including phenoxy) is 1. The van der Waals surface area contributed by atoms with Crippen molar-refractivity contribution in [1.82, 2.24) is 0 Å². The fraction of sp³-hybridized carbons (Fsp3) is 0.176. The number of hydrogen-bond acceptors (Lipinski definition) is 3. The minimum Gasteiger partial charge on any atom is -0.482 e. The van der Waals surface area contributed by atoms with Gasteiger partial charge in [0.2, 0.25) is 5.91 Å². The van der Waals surface area contributed by atoms with Crippen LogP contribution in [0.5, 0.6) is 5.75 Å². The molecule has 0 unspecified atom stereocenters. The summed E-state index contributed by atoms with van der Waals surface area (Å²) in [5, 5.41) is 5.58. The number of hydrogen-bond donors (Lipinski definition) is 2. The summed E-state index contributed by atoms with van der Waals surface area (Å²) in [7, 11) is 0. The SMILES string of the molecule is Cc1ccc(NC(=O)Cc2ccc3c(c2)NC(=O)CO3)cc1. The minimum atomic E-state index is -0.186. The van der Waals surface area contributed by atoms with Crippen molar-refractivity contribution in [1.29, 1.82) is 0 Å². The molecule has 2 aromatic carbocycles. The number of anilines is 2. The quantitative estimate of drug-likeness (QED) is 0.914. The average molecular weight is 296 g/mol. The zero-order chi connectivity index (χ0) is 15.5. The van der Waals surface area contributed by atoms with Gasteiger partial charge in [-0.15, -0.1) is 0 Å². The first-order chi connectivity index (χ1) is 10.6. The number of aryl methyl sites for hydroxylation is 1. The van der Waals surface area contributed by atoms with Gasteiger partial charge in [0.05, 0.1) is 12.1 Å². The highest BCUT2D eigenvalue weighted by Gasteiger charge is 2.16. The minimum absolute atomic E-state index is 0.0280. The van der Waals surface area contributed by atoms with Gasteiger partial charge in [0, 0.05) is 5.69 Å². The second kappa shape index (κ2) is 5.89. The van der Waals surface area contributed by atoms with E-state index >= 15 is 0 Å². The summed E-state index contributed by atoms with van der Waals surface area (Å²) in [5.74, 6) is 0.336. The van der Waals surface area contributed by atoms with Gasteiger partial charge in [-0.25, -0.2) is 0 Å². The molecule has 0 saturated carbocycles. The maximum atomic E-state index is 12.1. The lowest BCUT2D eigenvalue weighted by Gasteiger charge is -2.18. The first kappa shape index (κ1) is 14.1. The third-order valence-corrected chi connectivity index (χ3v) is 3.38. The molecule has 2 aromatic rings. The summed E-state index contributed by atoms with van der Waals surface area (Å²) >= 11 is 0. The summed E-state index contributed by atoms with van der Waals surface area (Å²) in [4.78, 5) is 23.4. The number of nitrogens with one attached hydrogen (secondary N) is 2. The van der Waals surface area contributed by atoms with Crippen molar-refractivity contribution in [2.24, 2.45) is 0 Å². The van der Waals surface area contributed by atoms with Crippen LogP contribution < -0.4 is 15.4 Å². The Morgan fingerprint density at radius 1 is 1.23 bits per heavy atom. The van der Waals surface area contributed by atoms with Crippen LogP contribution in [0.25, 0.3) is 0 Å². The van der Waals surface area contributed by atoms with E-state index < -0.39 is 0 Å². The molecule has 0 saturated heterocycles. The molecule has 0 spiro atoms. The summed E-state index contributed by atoms with van der Waals surface area (Å²) in [5.41, 5.74) is 3.33. The van der Waals surface area contributed by atoms with Crippen LogP contribution in [0.3, 0.4) is 0 Å². The Kier molecular flexibility index (Phi) is 3.78. The third-order valence-electron chi connectivity index (χ3n) is 3.38. The highest BCUT2D eigenvalue weighted by molar-refractivity contribution is 5.96. The van der Waals surface area contributed by atoms with E-state index in [4.69, 9.17) is 4.74 Å². The van der Waals surface area contributed by atoms with Crippen molar-refractivity contribution < 1.29 is 14.3 Å². The second-order valence-corrected chi connectivity index (χ2v) is 5.26. The molecular formula is C17H16N2O3. The van der Waals surface area contributed by atoms with Gasteiger partial charge in [-0.3, -0.25) is 9.59 Å².